The third-order valence-corrected chi connectivity index (χ3v) is 7.55. The van der Waals surface area contributed by atoms with E-state index in [1.807, 2.05) is 61.8 Å². The Kier molecular flexibility index (Phi) is 6.55. The van der Waals surface area contributed by atoms with Crippen molar-refractivity contribution in [3.63, 3.8) is 0 Å². The van der Waals surface area contributed by atoms with Crippen molar-refractivity contribution < 1.29 is 9.53 Å². The number of nitriles is 1. The van der Waals surface area contributed by atoms with Gasteiger partial charge in [0.15, 0.2) is 5.65 Å². The van der Waals surface area contributed by atoms with E-state index in [0.717, 1.165) is 64.1 Å². The average molecular weight is 542 g/mol. The van der Waals surface area contributed by atoms with Gasteiger partial charge >= 0.3 is 6.09 Å². The first-order valence-corrected chi connectivity index (χ1v) is 13.8. The molecule has 1 saturated carbocycles. The van der Waals surface area contributed by atoms with E-state index < -0.39 is 17.2 Å². The lowest BCUT2D eigenvalue weighted by atomic mass is 9.71. The molecule has 0 atom stereocenters. The lowest BCUT2D eigenvalue weighted by Gasteiger charge is -2.43. The zero-order valence-electron chi connectivity index (χ0n) is 23.4. The van der Waals surface area contributed by atoms with Crippen molar-refractivity contribution in [3.8, 4) is 39.7 Å². The molecular formula is C34H31N5O2. The number of amides is 1. The van der Waals surface area contributed by atoms with Crippen molar-refractivity contribution >= 4 is 11.7 Å². The van der Waals surface area contributed by atoms with Crippen LogP contribution < -0.4 is 5.32 Å². The Balaban J connectivity index is 1.41. The van der Waals surface area contributed by atoms with Crippen LogP contribution in [-0.2, 0) is 10.3 Å². The molecule has 7 nitrogen and oxygen atoms in total. The van der Waals surface area contributed by atoms with Crippen LogP contribution in [0.25, 0.3) is 39.3 Å². The molecular weight excluding hydrogens is 510 g/mol. The molecule has 6 rings (SSSR count). The summed E-state index contributed by atoms with van der Waals surface area (Å²) in [6.07, 6.45) is 4.21. The van der Waals surface area contributed by atoms with E-state index in [1.54, 1.807) is 12.1 Å². The molecule has 0 saturated heterocycles. The molecule has 5 aromatic rings. The Hall–Kier alpha value is -4.96. The topological polar surface area (TPSA) is 92.3 Å². The molecule has 1 N–H and O–H groups in total. The highest BCUT2D eigenvalue weighted by atomic mass is 16.6. The van der Waals surface area contributed by atoms with E-state index in [0.29, 0.717) is 5.56 Å². The van der Waals surface area contributed by atoms with Gasteiger partial charge in [0.05, 0.1) is 34.8 Å². The fraction of sp³-hybridized carbons (Fsp3) is 0.235. The summed E-state index contributed by atoms with van der Waals surface area (Å²) in [6, 6.07) is 30.2. The van der Waals surface area contributed by atoms with Crippen molar-refractivity contribution in [2.24, 2.45) is 0 Å². The van der Waals surface area contributed by atoms with E-state index in [9.17, 15) is 10.1 Å². The number of nitrogens with one attached hydrogen (secondary N) is 1. The fourth-order valence-electron chi connectivity index (χ4n) is 5.34. The number of alkyl carbamates (subject to hydrolysis) is 1. The lowest BCUT2D eigenvalue weighted by molar-refractivity contribution is 0.0377. The van der Waals surface area contributed by atoms with E-state index >= 15 is 0 Å². The molecule has 2 heterocycles. The summed E-state index contributed by atoms with van der Waals surface area (Å²) in [4.78, 5) is 17.3. The van der Waals surface area contributed by atoms with Gasteiger partial charge in [0.25, 0.3) is 0 Å². The van der Waals surface area contributed by atoms with Crippen LogP contribution in [0.15, 0.2) is 91.1 Å². The summed E-state index contributed by atoms with van der Waals surface area (Å²) < 4.78 is 7.41. The number of carbonyl (C=O) groups is 1. The molecule has 1 fully saturated rings. The molecule has 1 aliphatic rings. The normalized spacial score (nSPS) is 14.2. The van der Waals surface area contributed by atoms with Crippen molar-refractivity contribution in [1.82, 2.24) is 19.9 Å². The van der Waals surface area contributed by atoms with Crippen molar-refractivity contribution in [2.45, 2.75) is 51.2 Å². The minimum absolute atomic E-state index is 0.393. The molecule has 7 heteroatoms. The highest BCUT2D eigenvalue weighted by Crippen LogP contribution is 2.42. The maximum absolute atomic E-state index is 12.6. The Labute approximate surface area is 239 Å². The molecule has 1 aliphatic carbocycles. The smallest absolute Gasteiger partial charge is 0.408 e. The van der Waals surface area contributed by atoms with Gasteiger partial charge < -0.3 is 10.1 Å². The second-order valence-electron chi connectivity index (χ2n) is 11.5. The van der Waals surface area contributed by atoms with Gasteiger partial charge in [-0.05, 0) is 69.4 Å². The van der Waals surface area contributed by atoms with Gasteiger partial charge in [-0.3, -0.25) is 0 Å². The molecule has 0 aliphatic heterocycles. The fourth-order valence-corrected chi connectivity index (χ4v) is 5.34. The average Bonchev–Trinajstić information content (AvgIpc) is 3.37. The number of nitrogens with zero attached hydrogens (tertiary/aromatic N) is 4. The number of benzene rings is 3. The minimum Gasteiger partial charge on any atom is -0.444 e. The minimum atomic E-state index is -0.555. The Bertz CT molecular complexity index is 1760. The van der Waals surface area contributed by atoms with Crippen LogP contribution in [0.1, 0.15) is 51.2 Å². The van der Waals surface area contributed by atoms with Crippen LogP contribution in [0, 0.1) is 11.3 Å². The van der Waals surface area contributed by atoms with Gasteiger partial charge in [-0.2, -0.15) is 10.4 Å². The number of hydrogen-bond donors (Lipinski definition) is 1. The number of aromatic nitrogens is 3. The van der Waals surface area contributed by atoms with Crippen molar-refractivity contribution in [1.29, 1.82) is 5.26 Å². The highest BCUT2D eigenvalue weighted by Gasteiger charge is 2.41. The van der Waals surface area contributed by atoms with E-state index in [-0.39, 0.29) is 0 Å². The summed E-state index contributed by atoms with van der Waals surface area (Å²) in [6.45, 7) is 5.61. The predicted molar refractivity (Wildman–Crippen MR) is 159 cm³/mol. The van der Waals surface area contributed by atoms with E-state index in [2.05, 4.69) is 58.8 Å². The summed E-state index contributed by atoms with van der Waals surface area (Å²) in [5, 5.41) is 17.5. The number of fused-ring (bicyclic) bond motifs is 1. The first-order valence-electron chi connectivity index (χ1n) is 13.8. The number of rotatable bonds is 5. The molecule has 0 spiro atoms. The third kappa shape index (κ3) is 5.17. The quantitative estimate of drug-likeness (QED) is 0.249. The van der Waals surface area contributed by atoms with Crippen LogP contribution in [0.3, 0.4) is 0 Å². The van der Waals surface area contributed by atoms with Crippen LogP contribution in [0.4, 0.5) is 4.79 Å². The number of hydrogen-bond acceptors (Lipinski definition) is 5. The summed E-state index contributed by atoms with van der Waals surface area (Å²) in [5.74, 6) is 0. The van der Waals surface area contributed by atoms with Crippen LogP contribution >= 0.6 is 0 Å². The van der Waals surface area contributed by atoms with Crippen LogP contribution in [0.5, 0.6) is 0 Å². The molecule has 0 bridgehead atoms. The maximum Gasteiger partial charge on any atom is 0.408 e. The first kappa shape index (κ1) is 26.3. The summed E-state index contributed by atoms with van der Waals surface area (Å²) >= 11 is 0. The zero-order chi connectivity index (χ0) is 28.6. The largest absolute Gasteiger partial charge is 0.444 e. The van der Waals surface area contributed by atoms with Gasteiger partial charge in [-0.1, -0.05) is 66.7 Å². The Morgan fingerprint density at radius 1 is 0.951 bits per heavy atom. The molecule has 2 aromatic heterocycles. The molecule has 41 heavy (non-hydrogen) atoms. The van der Waals surface area contributed by atoms with Crippen molar-refractivity contribution in [3.05, 3.63) is 102 Å². The number of carbonyl (C=O) groups excluding carboxylic acids is 1. The molecule has 0 unspecified atom stereocenters. The van der Waals surface area contributed by atoms with E-state index in [1.165, 1.54) is 0 Å². The second-order valence-corrected chi connectivity index (χ2v) is 11.5. The van der Waals surface area contributed by atoms with Gasteiger partial charge in [0.2, 0.25) is 0 Å². The van der Waals surface area contributed by atoms with Gasteiger partial charge in [0.1, 0.15) is 5.60 Å². The van der Waals surface area contributed by atoms with Crippen LogP contribution in [-0.4, -0.2) is 26.3 Å². The van der Waals surface area contributed by atoms with Gasteiger partial charge in [0, 0.05) is 16.7 Å². The Morgan fingerprint density at radius 3 is 2.24 bits per heavy atom. The number of ether oxygens (including phenoxy) is 1. The third-order valence-electron chi connectivity index (χ3n) is 7.55. The summed E-state index contributed by atoms with van der Waals surface area (Å²) in [7, 11) is 0. The zero-order valence-corrected chi connectivity index (χ0v) is 23.4. The van der Waals surface area contributed by atoms with Gasteiger partial charge in [-0.15, -0.1) is 0 Å². The van der Waals surface area contributed by atoms with Crippen LogP contribution in [0.2, 0.25) is 0 Å². The van der Waals surface area contributed by atoms with Crippen molar-refractivity contribution in [2.75, 3.05) is 0 Å². The second kappa shape index (κ2) is 10.2. The SMILES string of the molecule is CC(C)(C)OC(=O)NC1(c2ccc(-c3nn4c(-c5ccc(C#N)cc5)cnc4cc3-c3ccccc3)cc2)CCC1. The van der Waals surface area contributed by atoms with E-state index in [4.69, 9.17) is 9.84 Å². The molecule has 204 valence electrons. The Morgan fingerprint density at radius 2 is 1.63 bits per heavy atom. The summed E-state index contributed by atoms with van der Waals surface area (Å²) in [5.41, 5.74) is 7.00. The number of imidazole rings is 1. The van der Waals surface area contributed by atoms with Gasteiger partial charge in [-0.25, -0.2) is 14.3 Å². The molecule has 0 radical (unpaired) electrons. The lowest BCUT2D eigenvalue weighted by Crippen LogP contribution is -2.52. The predicted octanol–water partition coefficient (Wildman–Crippen LogP) is 7.51. The monoisotopic (exact) mass is 541 g/mol. The molecule has 1 amide bonds. The first-order chi connectivity index (χ1) is 19.7. The highest BCUT2D eigenvalue weighted by molar-refractivity contribution is 5.83. The molecule has 3 aromatic carbocycles. The standard InChI is InChI=1S/C34H31N5O2/c1-33(2,3)41-32(40)37-34(18-7-19-34)27-16-14-26(15-17-27)31-28(24-8-5-4-6-9-24)20-30-36-22-29(39(30)38-31)25-12-10-23(21-35)11-13-25/h4-6,8-17,20,22H,7,18-19H2,1-3H3,(H,37,40). The maximum atomic E-state index is 12.6.